The van der Waals surface area contributed by atoms with Crippen molar-refractivity contribution in [2.75, 3.05) is 0 Å². The minimum Gasteiger partial charge on any atom is -0.349 e. The second-order valence-electron chi connectivity index (χ2n) is 5.25. The molecule has 1 aromatic rings. The minimum atomic E-state index is -3.77. The highest BCUT2D eigenvalue weighted by Gasteiger charge is 2.19. The predicted octanol–water partition coefficient (Wildman–Crippen LogP) is 3.48. The maximum Gasteiger partial charge on any atom is 0.261 e. The second kappa shape index (κ2) is 7.27. The molecule has 0 saturated carbocycles. The van der Waals surface area contributed by atoms with Crippen LogP contribution >= 0.6 is 10.7 Å². The van der Waals surface area contributed by atoms with Crippen LogP contribution < -0.4 is 5.32 Å². The number of hydrogen-bond acceptors (Lipinski definition) is 3. The number of benzene rings is 1. The molecule has 1 rings (SSSR count). The van der Waals surface area contributed by atoms with Crippen molar-refractivity contribution in [2.24, 2.45) is 5.92 Å². The molecule has 0 heterocycles. The van der Waals surface area contributed by atoms with Gasteiger partial charge in [0.05, 0.1) is 4.90 Å². The van der Waals surface area contributed by atoms with E-state index in [2.05, 4.69) is 19.2 Å². The molecule has 0 aliphatic carbocycles. The first-order chi connectivity index (χ1) is 9.70. The molecule has 0 bridgehead atoms. The fourth-order valence-electron chi connectivity index (χ4n) is 2.44. The first-order valence-corrected chi connectivity index (χ1v) is 9.37. The molecular weight excluding hydrogens is 310 g/mol. The van der Waals surface area contributed by atoms with Gasteiger partial charge in [-0.2, -0.15) is 0 Å². The Morgan fingerprint density at radius 1 is 1.29 bits per heavy atom. The Morgan fingerprint density at radius 3 is 2.29 bits per heavy atom. The summed E-state index contributed by atoms with van der Waals surface area (Å²) in [7, 11) is 1.53. The second-order valence-corrected chi connectivity index (χ2v) is 7.82. The van der Waals surface area contributed by atoms with Crippen molar-refractivity contribution in [1.29, 1.82) is 0 Å². The van der Waals surface area contributed by atoms with E-state index in [4.69, 9.17) is 10.7 Å². The van der Waals surface area contributed by atoms with E-state index in [0.717, 1.165) is 12.8 Å². The van der Waals surface area contributed by atoms with Crippen molar-refractivity contribution in [2.45, 2.75) is 51.5 Å². The molecule has 1 N–H and O–H groups in total. The summed E-state index contributed by atoms with van der Waals surface area (Å²) in [6.07, 6.45) is 2.00. The van der Waals surface area contributed by atoms with Crippen LogP contribution in [0.5, 0.6) is 0 Å². The average Bonchev–Trinajstić information content (AvgIpc) is 2.38. The molecule has 0 aromatic heterocycles. The summed E-state index contributed by atoms with van der Waals surface area (Å²) in [5.41, 5.74) is 1.06. The molecule has 6 heteroatoms. The molecular formula is C15H22ClNO3S. The van der Waals surface area contributed by atoms with Crippen LogP contribution in [0.2, 0.25) is 0 Å². The normalized spacial score (nSPS) is 13.2. The molecule has 1 amide bonds. The molecule has 118 valence electrons. The lowest BCUT2D eigenvalue weighted by molar-refractivity contribution is 0.0924. The van der Waals surface area contributed by atoms with Crippen LogP contribution in [0, 0.1) is 12.8 Å². The van der Waals surface area contributed by atoms with E-state index in [1.54, 1.807) is 6.92 Å². The molecule has 4 nitrogen and oxygen atoms in total. The number of carbonyl (C=O) groups is 1. The Kier molecular flexibility index (Phi) is 6.23. The molecule has 0 spiro atoms. The third kappa shape index (κ3) is 4.71. The largest absolute Gasteiger partial charge is 0.349 e. The number of halogens is 1. The number of rotatable bonds is 6. The molecule has 21 heavy (non-hydrogen) atoms. The standard InChI is InChI=1S/C15H22ClNO3S/c1-5-12(6-2)11(4)17-15(18)14-8-7-13(9-10(14)3)21(16,19)20/h7-9,11-12H,5-6H2,1-4H3,(H,17,18). The fraction of sp³-hybridized carbons (Fsp3) is 0.533. The first-order valence-electron chi connectivity index (χ1n) is 7.06. The SMILES string of the molecule is CCC(CC)C(C)NC(=O)c1ccc(S(=O)(=O)Cl)cc1C. The molecule has 0 radical (unpaired) electrons. The zero-order valence-electron chi connectivity index (χ0n) is 12.8. The van der Waals surface area contributed by atoms with Crippen molar-refractivity contribution in [1.82, 2.24) is 5.32 Å². The van der Waals surface area contributed by atoms with E-state index in [0.29, 0.717) is 17.0 Å². The maximum absolute atomic E-state index is 12.3. The number of hydrogen-bond donors (Lipinski definition) is 1. The summed E-state index contributed by atoms with van der Waals surface area (Å²) in [5, 5.41) is 2.98. The van der Waals surface area contributed by atoms with E-state index in [-0.39, 0.29) is 16.8 Å². The average molecular weight is 332 g/mol. The Labute approximate surface area is 131 Å². The minimum absolute atomic E-state index is 0.00579. The quantitative estimate of drug-likeness (QED) is 0.812. The van der Waals surface area contributed by atoms with Gasteiger partial charge in [0.1, 0.15) is 0 Å². The summed E-state index contributed by atoms with van der Waals surface area (Å²) < 4.78 is 22.6. The third-order valence-corrected chi connectivity index (χ3v) is 5.19. The van der Waals surface area contributed by atoms with E-state index >= 15 is 0 Å². The zero-order chi connectivity index (χ0) is 16.2. The Hall–Kier alpha value is -1.07. The molecule has 0 saturated heterocycles. The highest BCUT2D eigenvalue weighted by molar-refractivity contribution is 8.13. The van der Waals surface area contributed by atoms with Gasteiger partial charge in [-0.05, 0) is 43.5 Å². The van der Waals surface area contributed by atoms with Crippen LogP contribution in [-0.2, 0) is 9.05 Å². The van der Waals surface area contributed by atoms with Gasteiger partial charge >= 0.3 is 0 Å². The first kappa shape index (κ1) is 18.0. The smallest absolute Gasteiger partial charge is 0.261 e. The van der Waals surface area contributed by atoms with Crippen molar-refractivity contribution < 1.29 is 13.2 Å². The van der Waals surface area contributed by atoms with Gasteiger partial charge in [-0.25, -0.2) is 8.42 Å². The highest BCUT2D eigenvalue weighted by atomic mass is 35.7. The van der Waals surface area contributed by atoms with Crippen LogP contribution in [0.15, 0.2) is 23.1 Å². The molecule has 0 fully saturated rings. The summed E-state index contributed by atoms with van der Waals surface area (Å²) in [6.45, 7) is 7.88. The van der Waals surface area contributed by atoms with Crippen LogP contribution in [-0.4, -0.2) is 20.4 Å². The topological polar surface area (TPSA) is 63.2 Å². The Morgan fingerprint density at radius 2 is 1.86 bits per heavy atom. The lowest BCUT2D eigenvalue weighted by Gasteiger charge is -2.23. The van der Waals surface area contributed by atoms with E-state index < -0.39 is 9.05 Å². The van der Waals surface area contributed by atoms with Crippen LogP contribution in [0.3, 0.4) is 0 Å². The third-order valence-electron chi connectivity index (χ3n) is 3.84. The number of amides is 1. The molecule has 0 aliphatic heterocycles. The van der Waals surface area contributed by atoms with Crippen LogP contribution in [0.1, 0.15) is 49.5 Å². The number of nitrogens with one attached hydrogen (secondary N) is 1. The summed E-state index contributed by atoms with van der Waals surface area (Å²) in [4.78, 5) is 12.3. The van der Waals surface area contributed by atoms with Crippen molar-refractivity contribution in [3.63, 3.8) is 0 Å². The van der Waals surface area contributed by atoms with Gasteiger partial charge in [0.2, 0.25) is 0 Å². The monoisotopic (exact) mass is 331 g/mol. The fourth-order valence-corrected chi connectivity index (χ4v) is 3.28. The van der Waals surface area contributed by atoms with Crippen LogP contribution in [0.4, 0.5) is 0 Å². The zero-order valence-corrected chi connectivity index (χ0v) is 14.4. The lowest BCUT2D eigenvalue weighted by atomic mass is 9.95. The van der Waals surface area contributed by atoms with Gasteiger partial charge in [0.25, 0.3) is 15.0 Å². The van der Waals surface area contributed by atoms with Gasteiger partial charge in [-0.3, -0.25) is 4.79 Å². The summed E-state index contributed by atoms with van der Waals surface area (Å²) in [6, 6.07) is 4.34. The van der Waals surface area contributed by atoms with Gasteiger partial charge in [-0.1, -0.05) is 26.7 Å². The van der Waals surface area contributed by atoms with Crippen LogP contribution in [0.25, 0.3) is 0 Å². The van der Waals surface area contributed by atoms with Gasteiger partial charge in [0.15, 0.2) is 0 Å². The van der Waals surface area contributed by atoms with Gasteiger partial charge in [-0.15, -0.1) is 0 Å². The van der Waals surface area contributed by atoms with Crippen molar-refractivity contribution >= 4 is 25.6 Å². The molecule has 1 atom stereocenters. The van der Waals surface area contributed by atoms with Crippen molar-refractivity contribution in [3.05, 3.63) is 29.3 Å². The van der Waals surface area contributed by atoms with E-state index in [1.165, 1.54) is 18.2 Å². The summed E-state index contributed by atoms with van der Waals surface area (Å²) in [5.74, 6) is 0.238. The van der Waals surface area contributed by atoms with Gasteiger partial charge in [0, 0.05) is 22.3 Å². The maximum atomic E-state index is 12.3. The Bertz CT molecular complexity index is 609. The summed E-state index contributed by atoms with van der Waals surface area (Å²) >= 11 is 0. The molecule has 0 aliphatic rings. The lowest BCUT2D eigenvalue weighted by Crippen LogP contribution is -2.38. The Balaban J connectivity index is 2.94. The molecule has 1 unspecified atom stereocenters. The predicted molar refractivity (Wildman–Crippen MR) is 85.2 cm³/mol. The highest BCUT2D eigenvalue weighted by Crippen LogP contribution is 2.20. The van der Waals surface area contributed by atoms with E-state index in [1.807, 2.05) is 6.92 Å². The van der Waals surface area contributed by atoms with E-state index in [9.17, 15) is 13.2 Å². The number of carbonyl (C=O) groups excluding carboxylic acids is 1. The van der Waals surface area contributed by atoms with Crippen molar-refractivity contribution in [3.8, 4) is 0 Å². The van der Waals surface area contributed by atoms with Gasteiger partial charge < -0.3 is 5.32 Å². The number of aryl methyl sites for hydroxylation is 1. The molecule has 1 aromatic carbocycles.